The minimum Gasteiger partial charge on any atom is -0.368 e. The van der Waals surface area contributed by atoms with Gasteiger partial charge in [-0.2, -0.15) is 0 Å². The van der Waals surface area contributed by atoms with Gasteiger partial charge in [-0.05, 0) is 12.8 Å². The molecule has 2 amide bonds. The summed E-state index contributed by atoms with van der Waals surface area (Å²) in [5.41, 5.74) is 5.32. The predicted molar refractivity (Wildman–Crippen MR) is 50.4 cm³/mol. The Balaban J connectivity index is 2.57. The van der Waals surface area contributed by atoms with E-state index >= 15 is 0 Å². The van der Waals surface area contributed by atoms with Crippen LogP contribution in [0, 0.1) is 0 Å². The van der Waals surface area contributed by atoms with Crippen LogP contribution in [-0.4, -0.2) is 42.5 Å². The molecule has 1 atom stereocenters. The van der Waals surface area contributed by atoms with Crippen LogP contribution in [0.3, 0.4) is 0 Å². The van der Waals surface area contributed by atoms with Crippen molar-refractivity contribution in [2.75, 3.05) is 19.7 Å². The van der Waals surface area contributed by atoms with E-state index in [9.17, 15) is 9.59 Å². The summed E-state index contributed by atoms with van der Waals surface area (Å²) in [5.74, 6) is -0.517. The first-order chi connectivity index (χ1) is 6.66. The molecule has 14 heavy (non-hydrogen) atoms. The van der Waals surface area contributed by atoms with Crippen LogP contribution < -0.4 is 5.73 Å². The van der Waals surface area contributed by atoms with Crippen molar-refractivity contribution in [2.45, 2.75) is 25.9 Å². The first kappa shape index (κ1) is 11.1. The summed E-state index contributed by atoms with van der Waals surface area (Å²) in [6.45, 7) is 2.53. The van der Waals surface area contributed by atoms with Crippen molar-refractivity contribution in [1.82, 2.24) is 4.90 Å². The molecular weight excluding hydrogens is 184 g/mol. The third kappa shape index (κ3) is 2.52. The summed E-state index contributed by atoms with van der Waals surface area (Å²) in [7, 11) is 0. The van der Waals surface area contributed by atoms with E-state index in [0.29, 0.717) is 13.0 Å². The summed E-state index contributed by atoms with van der Waals surface area (Å²) in [4.78, 5) is 24.0. The molecule has 0 aromatic heterocycles. The van der Waals surface area contributed by atoms with Crippen LogP contribution in [0.1, 0.15) is 19.8 Å². The third-order valence-corrected chi connectivity index (χ3v) is 2.20. The zero-order chi connectivity index (χ0) is 10.6. The first-order valence-electron chi connectivity index (χ1n) is 4.80. The van der Waals surface area contributed by atoms with Crippen molar-refractivity contribution in [2.24, 2.45) is 5.73 Å². The number of nitrogens with zero attached hydrogens (tertiary/aromatic N) is 1. The highest BCUT2D eigenvalue weighted by Gasteiger charge is 2.29. The van der Waals surface area contributed by atoms with E-state index < -0.39 is 6.10 Å². The van der Waals surface area contributed by atoms with Crippen LogP contribution in [0.5, 0.6) is 0 Å². The van der Waals surface area contributed by atoms with Gasteiger partial charge in [0.2, 0.25) is 5.91 Å². The number of ether oxygens (including phenoxy) is 1. The average molecular weight is 200 g/mol. The minimum atomic E-state index is -0.439. The standard InChI is InChI=1S/C9H16N2O3/c1-7(12)11(5-4-10)9(13)8-3-2-6-14-8/h8H,2-6,10H2,1H3. The summed E-state index contributed by atoms with van der Waals surface area (Å²) in [6.07, 6.45) is 1.14. The molecule has 0 aliphatic carbocycles. The van der Waals surface area contributed by atoms with Gasteiger partial charge in [0.15, 0.2) is 0 Å². The molecule has 5 heteroatoms. The zero-order valence-corrected chi connectivity index (χ0v) is 8.36. The van der Waals surface area contributed by atoms with Crippen molar-refractivity contribution < 1.29 is 14.3 Å². The van der Waals surface area contributed by atoms with E-state index in [1.165, 1.54) is 6.92 Å². The van der Waals surface area contributed by atoms with Gasteiger partial charge in [0.05, 0.1) is 0 Å². The maximum absolute atomic E-state index is 11.7. The smallest absolute Gasteiger partial charge is 0.258 e. The van der Waals surface area contributed by atoms with E-state index in [1.807, 2.05) is 0 Å². The molecule has 1 heterocycles. The molecule has 0 aromatic carbocycles. The van der Waals surface area contributed by atoms with E-state index in [-0.39, 0.29) is 24.9 Å². The topological polar surface area (TPSA) is 72.6 Å². The summed E-state index contributed by atoms with van der Waals surface area (Å²) < 4.78 is 5.21. The second kappa shape index (κ2) is 5.07. The van der Waals surface area contributed by atoms with E-state index in [2.05, 4.69) is 0 Å². The number of carbonyl (C=O) groups is 2. The highest BCUT2D eigenvalue weighted by molar-refractivity contribution is 5.96. The second-order valence-electron chi connectivity index (χ2n) is 3.30. The molecule has 1 fully saturated rings. The molecule has 1 aliphatic heterocycles. The maximum atomic E-state index is 11.7. The highest BCUT2D eigenvalue weighted by Crippen LogP contribution is 2.14. The van der Waals surface area contributed by atoms with Gasteiger partial charge in [-0.1, -0.05) is 0 Å². The Labute approximate surface area is 83.2 Å². The fraction of sp³-hybridized carbons (Fsp3) is 0.778. The van der Waals surface area contributed by atoms with Crippen molar-refractivity contribution in [3.8, 4) is 0 Å². The lowest BCUT2D eigenvalue weighted by Crippen LogP contribution is -2.44. The number of hydrogen-bond donors (Lipinski definition) is 1. The molecular formula is C9H16N2O3. The van der Waals surface area contributed by atoms with Gasteiger partial charge in [0.25, 0.3) is 5.91 Å². The van der Waals surface area contributed by atoms with Crippen LogP contribution in [-0.2, 0) is 14.3 Å². The molecule has 2 N–H and O–H groups in total. The number of carbonyl (C=O) groups excluding carboxylic acids is 2. The lowest BCUT2D eigenvalue weighted by Gasteiger charge is -2.21. The predicted octanol–water partition coefficient (Wildman–Crippen LogP) is -0.501. The Kier molecular flexibility index (Phi) is 4.03. The minimum absolute atomic E-state index is 0.250. The average Bonchev–Trinajstić information content (AvgIpc) is 2.65. The van der Waals surface area contributed by atoms with Crippen molar-refractivity contribution >= 4 is 11.8 Å². The fourth-order valence-electron chi connectivity index (χ4n) is 1.50. The van der Waals surface area contributed by atoms with Crippen LogP contribution in [0.25, 0.3) is 0 Å². The summed E-state index contributed by atoms with van der Waals surface area (Å²) in [6, 6.07) is 0. The van der Waals surface area contributed by atoms with Gasteiger partial charge >= 0.3 is 0 Å². The van der Waals surface area contributed by atoms with Gasteiger partial charge < -0.3 is 10.5 Å². The third-order valence-electron chi connectivity index (χ3n) is 2.20. The highest BCUT2D eigenvalue weighted by atomic mass is 16.5. The molecule has 0 radical (unpaired) electrons. The molecule has 80 valence electrons. The second-order valence-corrected chi connectivity index (χ2v) is 3.30. The van der Waals surface area contributed by atoms with Gasteiger partial charge in [-0.25, -0.2) is 0 Å². The normalized spacial score (nSPS) is 20.9. The Bertz CT molecular complexity index is 224. The van der Waals surface area contributed by atoms with E-state index in [1.54, 1.807) is 0 Å². The molecule has 1 unspecified atom stereocenters. The molecule has 1 rings (SSSR count). The Morgan fingerprint density at radius 2 is 2.29 bits per heavy atom. The SMILES string of the molecule is CC(=O)N(CCN)C(=O)C1CCCO1. The van der Waals surface area contributed by atoms with Crippen LogP contribution >= 0.6 is 0 Å². The van der Waals surface area contributed by atoms with Crippen molar-refractivity contribution in [3.05, 3.63) is 0 Å². The number of rotatable bonds is 3. The molecule has 0 spiro atoms. The molecule has 5 nitrogen and oxygen atoms in total. The van der Waals surface area contributed by atoms with Gasteiger partial charge in [-0.3, -0.25) is 14.5 Å². The van der Waals surface area contributed by atoms with Gasteiger partial charge in [0.1, 0.15) is 6.10 Å². The summed E-state index contributed by atoms with van der Waals surface area (Å²) >= 11 is 0. The Hall–Kier alpha value is -0.940. The molecule has 1 saturated heterocycles. The molecule has 0 aromatic rings. The zero-order valence-electron chi connectivity index (χ0n) is 8.36. The molecule has 1 aliphatic rings. The van der Waals surface area contributed by atoms with E-state index in [4.69, 9.17) is 10.5 Å². The lowest BCUT2D eigenvalue weighted by atomic mass is 10.2. The van der Waals surface area contributed by atoms with Crippen molar-refractivity contribution in [3.63, 3.8) is 0 Å². The monoisotopic (exact) mass is 200 g/mol. The molecule has 0 bridgehead atoms. The van der Waals surface area contributed by atoms with Gasteiger partial charge in [-0.15, -0.1) is 0 Å². The van der Waals surface area contributed by atoms with Crippen LogP contribution in [0.4, 0.5) is 0 Å². The quantitative estimate of drug-likeness (QED) is 0.666. The van der Waals surface area contributed by atoms with E-state index in [0.717, 1.165) is 11.3 Å². The number of imide groups is 1. The van der Waals surface area contributed by atoms with Gasteiger partial charge in [0, 0.05) is 26.6 Å². The number of hydrogen-bond acceptors (Lipinski definition) is 4. The largest absolute Gasteiger partial charge is 0.368 e. The lowest BCUT2D eigenvalue weighted by molar-refractivity contribution is -0.149. The maximum Gasteiger partial charge on any atom is 0.258 e. The summed E-state index contributed by atoms with van der Waals surface area (Å²) in [5, 5.41) is 0. The molecule has 0 saturated carbocycles. The Morgan fingerprint density at radius 1 is 1.57 bits per heavy atom. The van der Waals surface area contributed by atoms with Crippen LogP contribution in [0.15, 0.2) is 0 Å². The Morgan fingerprint density at radius 3 is 2.71 bits per heavy atom. The van der Waals surface area contributed by atoms with Crippen molar-refractivity contribution in [1.29, 1.82) is 0 Å². The first-order valence-corrected chi connectivity index (χ1v) is 4.80. The van der Waals surface area contributed by atoms with Crippen LogP contribution in [0.2, 0.25) is 0 Å². The fourth-order valence-corrected chi connectivity index (χ4v) is 1.50. The number of nitrogens with two attached hydrogens (primary N) is 1. The number of amides is 2.